The molecule has 3 atom stereocenters. The average Bonchev–Trinajstić information content (AvgIpc) is 3.44. The van der Waals surface area contributed by atoms with Gasteiger partial charge in [0.15, 0.2) is 18.2 Å². The molecule has 1 heterocycles. The third-order valence-corrected chi connectivity index (χ3v) is 7.15. The Morgan fingerprint density at radius 2 is 1.79 bits per heavy atom. The maximum absolute atomic E-state index is 13.3. The molecular formula is C26H40BrNO5. The number of hydrogen-bond donors (Lipinski definition) is 1. The Morgan fingerprint density at radius 3 is 2.45 bits per heavy atom. The first-order valence-electron chi connectivity index (χ1n) is 12.4. The van der Waals surface area contributed by atoms with Crippen LogP contribution in [0, 0.1) is 5.92 Å². The molecule has 0 bridgehead atoms. The molecule has 0 spiro atoms. The third kappa shape index (κ3) is 7.27. The number of aliphatic hydroxyl groups is 1. The molecule has 0 radical (unpaired) electrons. The summed E-state index contributed by atoms with van der Waals surface area (Å²) in [5.41, 5.74) is -1.000. The van der Waals surface area contributed by atoms with E-state index < -0.39 is 11.6 Å². The molecule has 1 aliphatic heterocycles. The fourth-order valence-electron chi connectivity index (χ4n) is 5.24. The Hall–Kier alpha value is -1.44. The van der Waals surface area contributed by atoms with Crippen LogP contribution in [0.1, 0.15) is 70.3 Å². The van der Waals surface area contributed by atoms with Crippen LogP contribution in [0.5, 0.6) is 0 Å². The number of rotatable bonds is 11. The number of nitrogens with zero attached hydrogens (tertiary/aromatic N) is 1. The number of carbonyl (C=O) groups is 2. The lowest BCUT2D eigenvalue weighted by atomic mass is 9.80. The fourth-order valence-corrected chi connectivity index (χ4v) is 5.24. The van der Waals surface area contributed by atoms with Crippen molar-refractivity contribution in [2.75, 3.05) is 33.3 Å². The van der Waals surface area contributed by atoms with Crippen molar-refractivity contribution in [1.29, 1.82) is 0 Å². The van der Waals surface area contributed by atoms with Crippen LogP contribution >= 0.6 is 0 Å². The van der Waals surface area contributed by atoms with Crippen molar-refractivity contribution in [2.45, 2.75) is 76.4 Å². The van der Waals surface area contributed by atoms with E-state index in [1.54, 1.807) is 0 Å². The standard InChI is InChI=1S/C26H40NO5.BrH/c1-3-4-5-11-18-31-24(28)20-27(2)17-16-23(19-27)32-25(29)26(30,22-14-9-10-15-22)21-12-7-6-8-13-21;/h6-8,12-13,22-23,30H,3-5,9-11,14-20H2,1-2H3;1H/q+1;/p-1. The number of hydrogen-bond acceptors (Lipinski definition) is 5. The summed E-state index contributed by atoms with van der Waals surface area (Å²) in [6.45, 7) is 4.22. The predicted octanol–water partition coefficient (Wildman–Crippen LogP) is 0.954. The monoisotopic (exact) mass is 525 g/mol. The second kappa shape index (κ2) is 12.9. The molecule has 3 rings (SSSR count). The summed E-state index contributed by atoms with van der Waals surface area (Å²) < 4.78 is 11.8. The number of ether oxygens (including phenoxy) is 2. The Labute approximate surface area is 209 Å². The summed E-state index contributed by atoms with van der Waals surface area (Å²) in [7, 11) is 2.01. The smallest absolute Gasteiger partial charge is 0.361 e. The highest BCUT2D eigenvalue weighted by Crippen LogP contribution is 2.42. The minimum Gasteiger partial charge on any atom is -1.00 e. The molecule has 0 amide bonds. The fraction of sp³-hybridized carbons (Fsp3) is 0.692. The molecule has 1 N–H and O–H groups in total. The van der Waals surface area contributed by atoms with Crippen molar-refractivity contribution in [1.82, 2.24) is 0 Å². The first kappa shape index (κ1) is 27.8. The zero-order valence-corrected chi connectivity index (χ0v) is 21.7. The van der Waals surface area contributed by atoms with E-state index in [4.69, 9.17) is 9.47 Å². The molecule has 33 heavy (non-hydrogen) atoms. The molecule has 2 aliphatic rings. The highest BCUT2D eigenvalue weighted by Gasteiger charge is 2.50. The number of quaternary nitrogens is 1. The Balaban J connectivity index is 0.00000385. The van der Waals surface area contributed by atoms with E-state index in [-0.39, 0.29) is 41.5 Å². The van der Waals surface area contributed by atoms with Crippen LogP contribution in [-0.2, 0) is 24.7 Å². The second-order valence-corrected chi connectivity index (χ2v) is 9.89. The zero-order valence-electron chi connectivity index (χ0n) is 20.1. The van der Waals surface area contributed by atoms with Crippen molar-refractivity contribution in [2.24, 2.45) is 5.92 Å². The van der Waals surface area contributed by atoms with Crippen LogP contribution in [-0.4, -0.2) is 60.9 Å². The molecule has 1 aromatic carbocycles. The summed E-state index contributed by atoms with van der Waals surface area (Å²) in [6.07, 6.45) is 8.37. The number of halogens is 1. The quantitative estimate of drug-likeness (QED) is 0.264. The molecule has 1 aromatic rings. The van der Waals surface area contributed by atoms with Gasteiger partial charge in [0.1, 0.15) is 6.54 Å². The summed E-state index contributed by atoms with van der Waals surface area (Å²) in [4.78, 5) is 25.6. The van der Waals surface area contributed by atoms with E-state index >= 15 is 0 Å². The van der Waals surface area contributed by atoms with E-state index in [1.165, 1.54) is 0 Å². The molecule has 7 heteroatoms. The van der Waals surface area contributed by atoms with Crippen molar-refractivity contribution in [3.63, 3.8) is 0 Å². The van der Waals surface area contributed by atoms with E-state index in [9.17, 15) is 14.7 Å². The summed E-state index contributed by atoms with van der Waals surface area (Å²) in [5, 5.41) is 11.6. The topological polar surface area (TPSA) is 72.8 Å². The van der Waals surface area contributed by atoms with Gasteiger partial charge in [0, 0.05) is 12.3 Å². The number of unbranched alkanes of at least 4 members (excludes halogenated alkanes) is 3. The molecular weight excluding hydrogens is 486 g/mol. The number of carbonyl (C=O) groups excluding carboxylic acids is 2. The lowest BCUT2D eigenvalue weighted by molar-refractivity contribution is -0.891. The van der Waals surface area contributed by atoms with Crippen LogP contribution in [0.3, 0.4) is 0 Å². The van der Waals surface area contributed by atoms with Crippen molar-refractivity contribution < 1.29 is 45.6 Å². The minimum atomic E-state index is -1.61. The normalized spacial score (nSPS) is 24.6. The number of likely N-dealkylation sites (N-methyl/N-ethyl adjacent to an activating group) is 1. The maximum atomic E-state index is 13.3. The van der Waals surface area contributed by atoms with Gasteiger partial charge >= 0.3 is 11.9 Å². The molecule has 1 aliphatic carbocycles. The van der Waals surface area contributed by atoms with Gasteiger partial charge in [-0.3, -0.25) is 0 Å². The van der Waals surface area contributed by atoms with Gasteiger partial charge in [0.2, 0.25) is 0 Å². The third-order valence-electron chi connectivity index (χ3n) is 7.15. The van der Waals surface area contributed by atoms with Crippen molar-refractivity contribution >= 4 is 11.9 Å². The van der Waals surface area contributed by atoms with E-state index in [0.717, 1.165) is 57.9 Å². The van der Waals surface area contributed by atoms with Gasteiger partial charge in [-0.15, -0.1) is 0 Å². The van der Waals surface area contributed by atoms with Gasteiger partial charge in [-0.25, -0.2) is 9.59 Å². The Morgan fingerprint density at radius 1 is 1.09 bits per heavy atom. The van der Waals surface area contributed by atoms with Crippen LogP contribution in [0.4, 0.5) is 0 Å². The van der Waals surface area contributed by atoms with Gasteiger partial charge in [0.05, 0.1) is 20.2 Å². The molecule has 0 aromatic heterocycles. The predicted molar refractivity (Wildman–Crippen MR) is 123 cm³/mol. The lowest BCUT2D eigenvalue weighted by Gasteiger charge is -2.33. The van der Waals surface area contributed by atoms with Crippen molar-refractivity contribution in [3.8, 4) is 0 Å². The minimum absolute atomic E-state index is 0. The maximum Gasteiger partial charge on any atom is 0.361 e. The van der Waals surface area contributed by atoms with Crippen LogP contribution in [0.2, 0.25) is 0 Å². The molecule has 1 saturated carbocycles. The van der Waals surface area contributed by atoms with Crippen LogP contribution in [0.15, 0.2) is 30.3 Å². The zero-order chi connectivity index (χ0) is 23.0. The summed E-state index contributed by atoms with van der Waals surface area (Å²) >= 11 is 0. The van der Waals surface area contributed by atoms with Gasteiger partial charge in [0.25, 0.3) is 0 Å². The van der Waals surface area contributed by atoms with E-state index in [1.807, 2.05) is 37.4 Å². The molecule has 3 unspecified atom stereocenters. The van der Waals surface area contributed by atoms with Crippen LogP contribution in [0.25, 0.3) is 0 Å². The lowest BCUT2D eigenvalue weighted by Crippen LogP contribution is -3.00. The summed E-state index contributed by atoms with van der Waals surface area (Å²) in [6, 6.07) is 9.20. The largest absolute Gasteiger partial charge is 1.00 e. The summed E-state index contributed by atoms with van der Waals surface area (Å²) in [5.74, 6) is -0.863. The van der Waals surface area contributed by atoms with E-state index in [0.29, 0.717) is 29.6 Å². The molecule has 186 valence electrons. The number of likely N-dealkylation sites (tertiary alicyclic amines) is 1. The van der Waals surface area contributed by atoms with Crippen molar-refractivity contribution in [3.05, 3.63) is 35.9 Å². The van der Waals surface area contributed by atoms with Gasteiger partial charge in [-0.2, -0.15) is 0 Å². The van der Waals surface area contributed by atoms with Gasteiger partial charge in [-0.05, 0) is 24.8 Å². The molecule has 1 saturated heterocycles. The molecule has 2 fully saturated rings. The SMILES string of the molecule is CCCCCCOC(=O)C[N+]1(C)CCC(OC(=O)C(O)(c2ccccc2)C2CCCC2)C1.[Br-]. The Bertz CT molecular complexity index is 754. The average molecular weight is 527 g/mol. The Kier molecular flexibility index (Phi) is 10.8. The number of benzene rings is 1. The highest BCUT2D eigenvalue weighted by molar-refractivity contribution is 5.81. The van der Waals surface area contributed by atoms with E-state index in [2.05, 4.69) is 6.92 Å². The van der Waals surface area contributed by atoms with Gasteiger partial charge < -0.3 is 36.0 Å². The van der Waals surface area contributed by atoms with Crippen LogP contribution < -0.4 is 17.0 Å². The highest BCUT2D eigenvalue weighted by atomic mass is 79.9. The number of esters is 2. The second-order valence-electron chi connectivity index (χ2n) is 9.89. The first-order chi connectivity index (χ1) is 15.4. The first-order valence-corrected chi connectivity index (χ1v) is 12.4. The molecule has 6 nitrogen and oxygen atoms in total. The van der Waals surface area contributed by atoms with Gasteiger partial charge in [-0.1, -0.05) is 69.4 Å².